The third kappa shape index (κ3) is 5.03. The number of amides is 1. The average Bonchev–Trinajstić information content (AvgIpc) is 2.53. The molecule has 0 atom stereocenters. The number of benzene rings is 1. The van der Waals surface area contributed by atoms with Gasteiger partial charge in [0, 0.05) is 33.2 Å². The highest BCUT2D eigenvalue weighted by Gasteiger charge is 2.23. The number of rotatable bonds is 6. The number of nitrogens with one attached hydrogen (secondary N) is 1. The molecule has 6 nitrogen and oxygen atoms in total. The van der Waals surface area contributed by atoms with Crippen LogP contribution in [-0.4, -0.2) is 52.1 Å². The molecule has 1 saturated heterocycles. The van der Waals surface area contributed by atoms with Crippen LogP contribution in [0.3, 0.4) is 0 Å². The van der Waals surface area contributed by atoms with Crippen LogP contribution in [0.25, 0.3) is 0 Å². The molecule has 0 spiro atoms. The number of aryl methyl sites for hydroxylation is 3. The predicted octanol–water partition coefficient (Wildman–Crippen LogP) is 1.92. The first kappa shape index (κ1) is 19.9. The summed E-state index contributed by atoms with van der Waals surface area (Å²) < 4.78 is 33.0. The number of hydrogen-bond acceptors (Lipinski definition) is 4. The lowest BCUT2D eigenvalue weighted by Crippen LogP contribution is -2.41. The fraction of sp³-hybridized carbons (Fsp3) is 0.611. The number of ether oxygens (including phenoxy) is 1. The Morgan fingerprint density at radius 2 is 1.76 bits per heavy atom. The summed E-state index contributed by atoms with van der Waals surface area (Å²) in [6.07, 6.45) is 2.04. The summed E-state index contributed by atoms with van der Waals surface area (Å²) in [5.41, 5.74) is 2.47. The van der Waals surface area contributed by atoms with Crippen molar-refractivity contribution >= 4 is 15.9 Å². The highest BCUT2D eigenvalue weighted by atomic mass is 32.2. The maximum Gasteiger partial charge on any atom is 0.241 e. The number of sulfonamides is 1. The van der Waals surface area contributed by atoms with Crippen molar-refractivity contribution in [1.29, 1.82) is 0 Å². The molecule has 1 aromatic carbocycles. The lowest BCUT2D eigenvalue weighted by molar-refractivity contribution is -0.133. The summed E-state index contributed by atoms with van der Waals surface area (Å²) >= 11 is 0. The lowest BCUT2D eigenvalue weighted by Gasteiger charge is -2.31. The Balaban J connectivity index is 1.92. The molecule has 1 aliphatic heterocycles. The molecule has 0 saturated carbocycles. The number of likely N-dealkylation sites (tertiary alicyclic amines) is 1. The van der Waals surface area contributed by atoms with Crippen LogP contribution in [0.1, 0.15) is 36.0 Å². The molecule has 0 unspecified atom stereocenters. The van der Waals surface area contributed by atoms with Gasteiger partial charge in [-0.3, -0.25) is 4.79 Å². The average molecular weight is 368 g/mol. The fourth-order valence-electron chi connectivity index (χ4n) is 3.45. The van der Waals surface area contributed by atoms with Crippen LogP contribution in [0, 0.1) is 20.8 Å². The van der Waals surface area contributed by atoms with Crippen LogP contribution in [0.2, 0.25) is 0 Å². The van der Waals surface area contributed by atoms with Crippen LogP contribution < -0.4 is 4.72 Å². The fourth-order valence-corrected chi connectivity index (χ4v) is 4.93. The maximum absolute atomic E-state index is 12.6. The molecule has 7 heteroatoms. The van der Waals surface area contributed by atoms with Gasteiger partial charge in [-0.1, -0.05) is 17.7 Å². The summed E-state index contributed by atoms with van der Waals surface area (Å²) in [5, 5.41) is 0. The van der Waals surface area contributed by atoms with Crippen molar-refractivity contribution < 1.29 is 17.9 Å². The van der Waals surface area contributed by atoms with E-state index in [0.29, 0.717) is 18.0 Å². The Labute approximate surface area is 150 Å². The van der Waals surface area contributed by atoms with E-state index in [2.05, 4.69) is 4.72 Å². The molecule has 1 aromatic rings. The molecule has 0 radical (unpaired) electrons. The molecule has 1 amide bonds. The molecule has 1 aliphatic rings. The zero-order chi connectivity index (χ0) is 18.6. The van der Waals surface area contributed by atoms with E-state index < -0.39 is 10.0 Å². The van der Waals surface area contributed by atoms with Gasteiger partial charge in [0.2, 0.25) is 15.9 Å². The van der Waals surface area contributed by atoms with E-state index in [0.717, 1.165) is 29.5 Å². The molecule has 2 rings (SSSR count). The summed E-state index contributed by atoms with van der Waals surface area (Å²) in [5.74, 6) is -0.0189. The zero-order valence-electron chi connectivity index (χ0n) is 15.5. The number of carbonyl (C=O) groups excluding carboxylic acids is 1. The number of hydrogen-bond donors (Lipinski definition) is 1. The van der Waals surface area contributed by atoms with Crippen LogP contribution in [-0.2, 0) is 19.6 Å². The highest BCUT2D eigenvalue weighted by Crippen LogP contribution is 2.21. The molecular weight excluding hydrogens is 340 g/mol. The van der Waals surface area contributed by atoms with Gasteiger partial charge in [-0.05, 0) is 44.7 Å². The second kappa shape index (κ2) is 8.29. The van der Waals surface area contributed by atoms with Crippen LogP contribution in [0.15, 0.2) is 17.0 Å². The third-order valence-electron chi connectivity index (χ3n) is 4.63. The second-order valence-corrected chi connectivity index (χ2v) is 8.40. The SMILES string of the molecule is COC1CCN(C(=O)CCNS(=O)(=O)c2c(C)cc(C)cc2C)CC1. The number of carbonyl (C=O) groups is 1. The summed E-state index contributed by atoms with van der Waals surface area (Å²) in [6.45, 7) is 6.97. The van der Waals surface area contributed by atoms with Crippen molar-refractivity contribution in [3.05, 3.63) is 28.8 Å². The van der Waals surface area contributed by atoms with Crippen molar-refractivity contribution in [1.82, 2.24) is 9.62 Å². The van der Waals surface area contributed by atoms with Crippen molar-refractivity contribution in [2.45, 2.75) is 51.0 Å². The Kier molecular flexibility index (Phi) is 6.59. The van der Waals surface area contributed by atoms with Crippen molar-refractivity contribution in [2.75, 3.05) is 26.7 Å². The van der Waals surface area contributed by atoms with Crippen molar-refractivity contribution in [3.8, 4) is 0 Å². The van der Waals surface area contributed by atoms with Crippen molar-refractivity contribution in [3.63, 3.8) is 0 Å². The normalized spacial score (nSPS) is 16.2. The molecule has 1 heterocycles. The van der Waals surface area contributed by atoms with E-state index in [4.69, 9.17) is 4.74 Å². The van der Waals surface area contributed by atoms with E-state index in [-0.39, 0.29) is 25.0 Å². The first-order valence-electron chi connectivity index (χ1n) is 8.62. The minimum atomic E-state index is -3.62. The Bertz CT molecular complexity index is 700. The largest absolute Gasteiger partial charge is 0.381 e. The topological polar surface area (TPSA) is 75.7 Å². The van der Waals surface area contributed by atoms with E-state index in [1.54, 1.807) is 25.9 Å². The molecule has 25 heavy (non-hydrogen) atoms. The predicted molar refractivity (Wildman–Crippen MR) is 97.1 cm³/mol. The minimum Gasteiger partial charge on any atom is -0.381 e. The zero-order valence-corrected chi connectivity index (χ0v) is 16.3. The van der Waals surface area contributed by atoms with Gasteiger partial charge in [0.05, 0.1) is 11.0 Å². The van der Waals surface area contributed by atoms with Gasteiger partial charge in [-0.25, -0.2) is 13.1 Å². The minimum absolute atomic E-state index is 0.0189. The Morgan fingerprint density at radius 3 is 2.28 bits per heavy atom. The van der Waals surface area contributed by atoms with E-state index in [9.17, 15) is 13.2 Å². The van der Waals surface area contributed by atoms with Gasteiger partial charge >= 0.3 is 0 Å². The molecule has 0 bridgehead atoms. The Hall–Kier alpha value is -1.44. The molecule has 0 aliphatic carbocycles. The van der Waals surface area contributed by atoms with E-state index in [1.165, 1.54) is 0 Å². The summed E-state index contributed by atoms with van der Waals surface area (Å²) in [7, 11) is -1.93. The second-order valence-electron chi connectivity index (χ2n) is 6.69. The number of methoxy groups -OCH3 is 1. The van der Waals surface area contributed by atoms with Crippen LogP contribution in [0.4, 0.5) is 0 Å². The molecular formula is C18H28N2O4S. The van der Waals surface area contributed by atoms with Crippen molar-refractivity contribution in [2.24, 2.45) is 0 Å². The standard InChI is InChI=1S/C18H28N2O4S/c1-13-11-14(2)18(15(3)12-13)25(22,23)19-8-5-17(21)20-9-6-16(24-4)7-10-20/h11-12,16,19H,5-10H2,1-4H3. The number of nitrogens with zero attached hydrogens (tertiary/aromatic N) is 1. The smallest absolute Gasteiger partial charge is 0.241 e. The molecule has 140 valence electrons. The monoisotopic (exact) mass is 368 g/mol. The summed E-state index contributed by atoms with van der Waals surface area (Å²) in [6, 6.07) is 3.71. The Morgan fingerprint density at radius 1 is 1.20 bits per heavy atom. The molecule has 0 aromatic heterocycles. The third-order valence-corrected chi connectivity index (χ3v) is 6.40. The van der Waals surface area contributed by atoms with E-state index in [1.807, 2.05) is 19.1 Å². The first-order chi connectivity index (χ1) is 11.7. The number of piperidine rings is 1. The van der Waals surface area contributed by atoms with Gasteiger partial charge in [-0.15, -0.1) is 0 Å². The first-order valence-corrected chi connectivity index (χ1v) is 10.1. The van der Waals surface area contributed by atoms with Gasteiger partial charge < -0.3 is 9.64 Å². The van der Waals surface area contributed by atoms with Gasteiger partial charge in [0.25, 0.3) is 0 Å². The van der Waals surface area contributed by atoms with Crippen LogP contribution in [0.5, 0.6) is 0 Å². The van der Waals surface area contributed by atoms with E-state index >= 15 is 0 Å². The molecule has 1 N–H and O–H groups in total. The van der Waals surface area contributed by atoms with Gasteiger partial charge in [-0.2, -0.15) is 0 Å². The van der Waals surface area contributed by atoms with Gasteiger partial charge in [0.15, 0.2) is 0 Å². The highest BCUT2D eigenvalue weighted by molar-refractivity contribution is 7.89. The van der Waals surface area contributed by atoms with Crippen LogP contribution >= 0.6 is 0 Å². The van der Waals surface area contributed by atoms with Gasteiger partial charge in [0.1, 0.15) is 0 Å². The quantitative estimate of drug-likeness (QED) is 0.832. The maximum atomic E-state index is 12.6. The lowest BCUT2D eigenvalue weighted by atomic mass is 10.1. The summed E-state index contributed by atoms with van der Waals surface area (Å²) in [4.78, 5) is 14.3. The molecule has 1 fully saturated rings.